The van der Waals surface area contributed by atoms with Gasteiger partial charge in [0.05, 0.1) is 19.5 Å². The van der Waals surface area contributed by atoms with Crippen molar-refractivity contribution in [1.29, 1.82) is 0 Å². The van der Waals surface area contributed by atoms with Crippen molar-refractivity contribution in [1.82, 2.24) is 5.32 Å². The minimum absolute atomic E-state index is 0.105. The average Bonchev–Trinajstić information content (AvgIpc) is 2.18. The second-order valence-electron chi connectivity index (χ2n) is 2.88. The predicted octanol–water partition coefficient (Wildman–Crippen LogP) is 1.18. The molecule has 2 N–H and O–H groups in total. The maximum atomic E-state index is 11.9. The molecule has 0 bridgehead atoms. The molecule has 0 spiro atoms. The number of thiol groups is 1. The van der Waals surface area contributed by atoms with E-state index in [4.69, 9.17) is 14.2 Å². The van der Waals surface area contributed by atoms with Gasteiger partial charge in [-0.25, -0.2) is 0 Å². The van der Waals surface area contributed by atoms with E-state index in [9.17, 15) is 9.36 Å². The van der Waals surface area contributed by atoms with Crippen LogP contribution in [0, 0.1) is 0 Å². The van der Waals surface area contributed by atoms with Crippen LogP contribution in [-0.4, -0.2) is 42.4 Å². The molecule has 0 aromatic heterocycles. The predicted molar refractivity (Wildman–Crippen MR) is 64.1 cm³/mol. The quantitative estimate of drug-likeness (QED) is 0.431. The van der Waals surface area contributed by atoms with Gasteiger partial charge in [-0.05, 0) is 13.8 Å². The third-order valence-electron chi connectivity index (χ3n) is 1.66. The fourth-order valence-electron chi connectivity index (χ4n) is 0.974. The highest BCUT2D eigenvalue weighted by Crippen LogP contribution is 2.46. The first-order valence-electron chi connectivity index (χ1n) is 4.94. The van der Waals surface area contributed by atoms with Crippen LogP contribution in [0.25, 0.3) is 0 Å². The Hall–Kier alpha value is -0.0700. The van der Waals surface area contributed by atoms with Crippen LogP contribution >= 0.6 is 20.2 Å². The van der Waals surface area contributed by atoms with Gasteiger partial charge in [-0.3, -0.25) is 14.7 Å². The van der Waals surface area contributed by atoms with Gasteiger partial charge in [0.15, 0.2) is 0 Å². The fourth-order valence-corrected chi connectivity index (χ4v) is 2.75. The summed E-state index contributed by atoms with van der Waals surface area (Å²) < 4.78 is 21.9. The van der Waals surface area contributed by atoms with Gasteiger partial charge in [0.2, 0.25) is 0 Å². The maximum Gasteiger partial charge on any atom is 0.344 e. The summed E-state index contributed by atoms with van der Waals surface area (Å²) in [4.78, 5) is 10.7. The van der Waals surface area contributed by atoms with Crippen molar-refractivity contribution in [3.8, 4) is 0 Å². The van der Waals surface area contributed by atoms with E-state index in [0.717, 1.165) is 0 Å². The highest BCUT2D eigenvalue weighted by Gasteiger charge is 2.26. The lowest BCUT2D eigenvalue weighted by Gasteiger charge is -2.19. The molecule has 0 saturated heterocycles. The Bertz CT molecular complexity index is 253. The van der Waals surface area contributed by atoms with E-state index in [0.29, 0.717) is 0 Å². The molecule has 8 heteroatoms. The summed E-state index contributed by atoms with van der Waals surface area (Å²) in [5.74, 6) is -0.942. The summed E-state index contributed by atoms with van der Waals surface area (Å²) in [5, 5.41) is 11.3. The molecule has 1 atom stereocenters. The van der Waals surface area contributed by atoms with Crippen molar-refractivity contribution < 1.29 is 23.5 Å². The Morgan fingerprint density at radius 2 is 1.94 bits per heavy atom. The van der Waals surface area contributed by atoms with Crippen LogP contribution in [0.5, 0.6) is 0 Å². The monoisotopic (exact) mass is 271 g/mol. The molecule has 0 unspecified atom stereocenters. The average molecular weight is 271 g/mol. The van der Waals surface area contributed by atoms with Crippen molar-refractivity contribution in [2.75, 3.05) is 25.3 Å². The Morgan fingerprint density at radius 3 is 2.25 bits per heavy atom. The van der Waals surface area contributed by atoms with E-state index >= 15 is 0 Å². The molecule has 16 heavy (non-hydrogen) atoms. The van der Waals surface area contributed by atoms with Gasteiger partial charge in [0, 0.05) is 5.75 Å². The van der Waals surface area contributed by atoms with Crippen LogP contribution in [0.1, 0.15) is 13.8 Å². The van der Waals surface area contributed by atoms with E-state index in [2.05, 4.69) is 17.9 Å². The van der Waals surface area contributed by atoms with Crippen molar-refractivity contribution in [3.63, 3.8) is 0 Å². The fraction of sp³-hybridized carbons (Fsp3) is 0.875. The third-order valence-corrected chi connectivity index (χ3v) is 3.90. The first kappa shape index (κ1) is 15.9. The van der Waals surface area contributed by atoms with Gasteiger partial charge >= 0.3 is 13.6 Å². The molecule has 0 aromatic rings. The molecule has 0 aliphatic carbocycles. The number of aliphatic carboxylic acids is 1. The maximum absolute atomic E-state index is 11.9. The number of carbonyl (C=O) groups is 1. The largest absolute Gasteiger partial charge is 0.480 e. The topological polar surface area (TPSA) is 84.9 Å². The normalized spacial score (nSPS) is 13.7. The summed E-state index contributed by atoms with van der Waals surface area (Å²) in [5.41, 5.74) is 0. The molecule has 0 heterocycles. The van der Waals surface area contributed by atoms with Gasteiger partial charge in [-0.15, -0.1) is 0 Å². The Labute approximate surface area is 101 Å². The summed E-state index contributed by atoms with van der Waals surface area (Å²) in [6, 6.07) is -0.863. The summed E-state index contributed by atoms with van der Waals surface area (Å²) in [7, 11) is -3.23. The zero-order chi connectivity index (χ0) is 12.6. The molecular formula is C8H18NO5PS. The van der Waals surface area contributed by atoms with E-state index in [1.807, 2.05) is 0 Å². The first-order chi connectivity index (χ1) is 7.49. The Balaban J connectivity index is 4.30. The highest BCUT2D eigenvalue weighted by molar-refractivity contribution is 7.80. The van der Waals surface area contributed by atoms with Crippen LogP contribution in [-0.2, 0) is 18.4 Å². The molecule has 96 valence electrons. The molecular weight excluding hydrogens is 253 g/mol. The molecule has 0 rings (SSSR count). The minimum atomic E-state index is -3.23. The smallest absolute Gasteiger partial charge is 0.344 e. The van der Waals surface area contributed by atoms with Crippen LogP contribution < -0.4 is 5.32 Å². The van der Waals surface area contributed by atoms with Gasteiger partial charge in [0.1, 0.15) is 6.04 Å². The lowest BCUT2D eigenvalue weighted by atomic mass is 10.3. The lowest BCUT2D eigenvalue weighted by molar-refractivity contribution is -0.138. The number of rotatable bonds is 9. The molecule has 0 amide bonds. The summed E-state index contributed by atoms with van der Waals surface area (Å²) in [6.07, 6.45) is -0.133. The molecule has 0 aromatic carbocycles. The summed E-state index contributed by atoms with van der Waals surface area (Å²) in [6.45, 7) is 3.88. The second-order valence-corrected chi connectivity index (χ2v) is 5.30. The van der Waals surface area contributed by atoms with E-state index in [-0.39, 0.29) is 25.3 Å². The first-order valence-corrected chi connectivity index (χ1v) is 7.30. The number of hydrogen-bond donors (Lipinski definition) is 3. The lowest BCUT2D eigenvalue weighted by Crippen LogP contribution is -2.39. The molecule has 0 aliphatic rings. The molecule has 0 fully saturated rings. The number of nitrogens with one attached hydrogen (secondary N) is 1. The van der Waals surface area contributed by atoms with Crippen LogP contribution in [0.15, 0.2) is 0 Å². The van der Waals surface area contributed by atoms with E-state index < -0.39 is 19.6 Å². The number of carboxylic acid groups (broad SMARTS) is 1. The Kier molecular flexibility index (Phi) is 8.05. The van der Waals surface area contributed by atoms with Crippen molar-refractivity contribution in [2.24, 2.45) is 0 Å². The van der Waals surface area contributed by atoms with Gasteiger partial charge in [0.25, 0.3) is 0 Å². The zero-order valence-corrected chi connectivity index (χ0v) is 11.2. The van der Waals surface area contributed by atoms with Crippen molar-refractivity contribution in [2.45, 2.75) is 19.9 Å². The standard InChI is InChI=1S/C8H18NO5PS/c1-3-13-15(12,14-4-2)6-9-7(5-16)8(10)11/h7,9,16H,3-6H2,1-2H3,(H,10,11)/t7-/m0/s1. The molecule has 0 saturated carbocycles. The summed E-state index contributed by atoms with van der Waals surface area (Å²) >= 11 is 3.87. The molecule has 0 aliphatic heterocycles. The highest BCUT2D eigenvalue weighted by atomic mass is 32.1. The molecule has 6 nitrogen and oxygen atoms in total. The Morgan fingerprint density at radius 1 is 1.44 bits per heavy atom. The van der Waals surface area contributed by atoms with Crippen LogP contribution in [0.2, 0.25) is 0 Å². The number of hydrogen-bond acceptors (Lipinski definition) is 6. The van der Waals surface area contributed by atoms with Gasteiger partial charge < -0.3 is 14.2 Å². The van der Waals surface area contributed by atoms with Gasteiger partial charge in [-0.2, -0.15) is 12.6 Å². The van der Waals surface area contributed by atoms with Crippen molar-refractivity contribution in [3.05, 3.63) is 0 Å². The zero-order valence-electron chi connectivity index (χ0n) is 9.38. The molecule has 0 radical (unpaired) electrons. The minimum Gasteiger partial charge on any atom is -0.480 e. The van der Waals surface area contributed by atoms with E-state index in [1.54, 1.807) is 13.8 Å². The van der Waals surface area contributed by atoms with Gasteiger partial charge in [-0.1, -0.05) is 0 Å². The SMILES string of the molecule is CCOP(=O)(CN[C@@H](CS)C(=O)O)OCC. The van der Waals surface area contributed by atoms with Crippen molar-refractivity contribution >= 4 is 26.2 Å². The second kappa shape index (κ2) is 8.08. The third kappa shape index (κ3) is 5.86. The van der Waals surface area contributed by atoms with Crippen LogP contribution in [0.3, 0.4) is 0 Å². The van der Waals surface area contributed by atoms with Crippen LogP contribution in [0.4, 0.5) is 0 Å². The number of carboxylic acids is 1. The van der Waals surface area contributed by atoms with E-state index in [1.165, 1.54) is 0 Å².